The zero-order chi connectivity index (χ0) is 23.9. The molecule has 1 N–H and O–H groups in total. The highest BCUT2D eigenvalue weighted by molar-refractivity contribution is 5.86. The summed E-state index contributed by atoms with van der Waals surface area (Å²) < 4.78 is 15.6. The molecular formula is C30H33FN2O. The monoisotopic (exact) mass is 456 g/mol. The van der Waals surface area contributed by atoms with Crippen LogP contribution in [-0.2, 0) is 11.3 Å². The van der Waals surface area contributed by atoms with Gasteiger partial charge in [0.1, 0.15) is 5.82 Å². The van der Waals surface area contributed by atoms with Crippen molar-refractivity contribution in [3.63, 3.8) is 0 Å². The van der Waals surface area contributed by atoms with Gasteiger partial charge in [-0.25, -0.2) is 4.39 Å². The maximum atomic E-state index is 13.4. The van der Waals surface area contributed by atoms with Crippen LogP contribution in [0.3, 0.4) is 0 Å². The van der Waals surface area contributed by atoms with Gasteiger partial charge in [-0.1, -0.05) is 79.9 Å². The lowest BCUT2D eigenvalue weighted by molar-refractivity contribution is -0.121. The highest BCUT2D eigenvalue weighted by atomic mass is 19.1. The summed E-state index contributed by atoms with van der Waals surface area (Å²) in [6.45, 7) is 5.62. The lowest BCUT2D eigenvalue weighted by atomic mass is 9.87. The minimum Gasteiger partial charge on any atom is -0.356 e. The third-order valence-corrected chi connectivity index (χ3v) is 6.40. The van der Waals surface area contributed by atoms with Gasteiger partial charge in [-0.3, -0.25) is 4.79 Å². The Labute approximate surface area is 201 Å². The van der Waals surface area contributed by atoms with Crippen molar-refractivity contribution in [2.24, 2.45) is 0 Å². The predicted molar refractivity (Wildman–Crippen MR) is 138 cm³/mol. The summed E-state index contributed by atoms with van der Waals surface area (Å²) in [5, 5.41) is 4.27. The molecule has 0 aliphatic rings. The van der Waals surface area contributed by atoms with Gasteiger partial charge in [0, 0.05) is 42.5 Å². The quantitative estimate of drug-likeness (QED) is 0.257. The van der Waals surface area contributed by atoms with Gasteiger partial charge in [0.2, 0.25) is 5.91 Å². The summed E-state index contributed by atoms with van der Waals surface area (Å²) in [6, 6.07) is 23.4. The molecule has 1 aromatic heterocycles. The Kier molecular flexibility index (Phi) is 7.79. The molecule has 1 amide bonds. The van der Waals surface area contributed by atoms with E-state index in [1.807, 2.05) is 24.3 Å². The second-order valence-corrected chi connectivity index (χ2v) is 9.08. The molecule has 1 atom stereocenters. The number of halogens is 1. The number of fused-ring (bicyclic) bond motifs is 1. The van der Waals surface area contributed by atoms with Crippen LogP contribution in [0.1, 0.15) is 60.8 Å². The van der Waals surface area contributed by atoms with Gasteiger partial charge in [0.05, 0.1) is 0 Å². The van der Waals surface area contributed by atoms with Crippen molar-refractivity contribution in [3.05, 3.63) is 107 Å². The van der Waals surface area contributed by atoms with Crippen molar-refractivity contribution >= 4 is 16.8 Å². The van der Waals surface area contributed by atoms with Gasteiger partial charge >= 0.3 is 0 Å². The molecule has 3 nitrogen and oxygen atoms in total. The van der Waals surface area contributed by atoms with Gasteiger partial charge in [-0.2, -0.15) is 0 Å². The number of nitrogens with zero attached hydrogens (tertiary/aromatic N) is 1. The largest absolute Gasteiger partial charge is 0.356 e. The lowest BCUT2D eigenvalue weighted by Gasteiger charge is -2.18. The van der Waals surface area contributed by atoms with E-state index in [1.165, 1.54) is 17.7 Å². The Hall–Kier alpha value is -3.40. The second kappa shape index (κ2) is 11.1. The second-order valence-electron chi connectivity index (χ2n) is 9.08. The van der Waals surface area contributed by atoms with Gasteiger partial charge in [-0.15, -0.1) is 0 Å². The Morgan fingerprint density at radius 1 is 1.00 bits per heavy atom. The van der Waals surface area contributed by atoms with Gasteiger partial charge in [-0.05, 0) is 48.2 Å². The Bertz CT molecular complexity index is 1240. The Morgan fingerprint density at radius 3 is 2.56 bits per heavy atom. The first kappa shape index (κ1) is 23.7. The predicted octanol–water partition coefficient (Wildman–Crippen LogP) is 6.97. The molecular weight excluding hydrogens is 423 g/mol. The molecule has 0 fully saturated rings. The maximum absolute atomic E-state index is 13.4. The number of hydrogen-bond donors (Lipinski definition) is 1. The van der Waals surface area contributed by atoms with E-state index in [-0.39, 0.29) is 17.6 Å². The zero-order valence-electron chi connectivity index (χ0n) is 20.1. The number of nitrogens with one attached hydrogen (secondary N) is 1. The highest BCUT2D eigenvalue weighted by Gasteiger charge is 2.23. The molecule has 0 spiro atoms. The number of amides is 1. The van der Waals surface area contributed by atoms with Gasteiger partial charge in [0.15, 0.2) is 0 Å². The average Bonchev–Trinajstić information content (AvgIpc) is 3.20. The first-order valence-corrected chi connectivity index (χ1v) is 12.2. The van der Waals surface area contributed by atoms with E-state index < -0.39 is 0 Å². The van der Waals surface area contributed by atoms with Crippen molar-refractivity contribution < 1.29 is 9.18 Å². The first-order valence-electron chi connectivity index (χ1n) is 12.2. The fourth-order valence-electron chi connectivity index (χ4n) is 4.62. The summed E-state index contributed by atoms with van der Waals surface area (Å²) in [5.41, 5.74) is 5.62. The van der Waals surface area contributed by atoms with Crippen molar-refractivity contribution in [1.29, 1.82) is 0 Å². The number of hydrogen-bond acceptors (Lipinski definition) is 1. The van der Waals surface area contributed by atoms with Crippen molar-refractivity contribution in [2.45, 2.75) is 52.0 Å². The van der Waals surface area contributed by atoms with E-state index >= 15 is 0 Å². The maximum Gasteiger partial charge on any atom is 0.220 e. The van der Waals surface area contributed by atoms with Crippen LogP contribution in [0.15, 0.2) is 79.0 Å². The standard InChI is InChI=1S/C30H33FN2O/c1-3-4-7-17-32-30(34)19-27(24-10-8-9-22(2)18-24)28-21-33(29-12-6-5-11-26(28)29)20-23-13-15-25(31)16-14-23/h5-6,8-16,18,21,27H,3-4,7,17,19-20H2,1-2H3,(H,32,34). The fourth-order valence-corrected chi connectivity index (χ4v) is 4.62. The lowest BCUT2D eigenvalue weighted by Crippen LogP contribution is -2.26. The normalized spacial score (nSPS) is 12.1. The van der Waals surface area contributed by atoms with Crippen LogP contribution in [0.5, 0.6) is 0 Å². The van der Waals surface area contributed by atoms with E-state index in [9.17, 15) is 9.18 Å². The highest BCUT2D eigenvalue weighted by Crippen LogP contribution is 2.35. The molecule has 34 heavy (non-hydrogen) atoms. The molecule has 0 saturated heterocycles. The van der Waals surface area contributed by atoms with Crippen molar-refractivity contribution in [3.8, 4) is 0 Å². The van der Waals surface area contributed by atoms with Gasteiger partial charge < -0.3 is 9.88 Å². The third kappa shape index (κ3) is 5.74. The van der Waals surface area contributed by atoms with Crippen LogP contribution in [0.4, 0.5) is 4.39 Å². The minimum absolute atomic E-state index is 0.0505. The van der Waals surface area contributed by atoms with Crippen LogP contribution in [0, 0.1) is 12.7 Å². The van der Waals surface area contributed by atoms with E-state index in [2.05, 4.69) is 66.3 Å². The molecule has 0 saturated carbocycles. The van der Waals surface area contributed by atoms with Gasteiger partial charge in [0.25, 0.3) is 0 Å². The van der Waals surface area contributed by atoms with Crippen LogP contribution >= 0.6 is 0 Å². The van der Waals surface area contributed by atoms with E-state index in [0.29, 0.717) is 13.0 Å². The minimum atomic E-state index is -0.230. The molecule has 3 aromatic carbocycles. The molecule has 1 heterocycles. The Balaban J connectivity index is 1.70. The Morgan fingerprint density at radius 2 is 1.79 bits per heavy atom. The van der Waals surface area contributed by atoms with E-state index in [4.69, 9.17) is 0 Å². The number of aryl methyl sites for hydroxylation is 1. The molecule has 4 heteroatoms. The fraction of sp³-hybridized carbons (Fsp3) is 0.300. The molecule has 0 aliphatic carbocycles. The van der Waals surface area contributed by atoms with Crippen molar-refractivity contribution in [1.82, 2.24) is 9.88 Å². The summed E-state index contributed by atoms with van der Waals surface area (Å²) in [6.07, 6.45) is 5.84. The number of carbonyl (C=O) groups excluding carboxylic acids is 1. The molecule has 1 unspecified atom stereocenters. The molecule has 4 aromatic rings. The van der Waals surface area contributed by atoms with Crippen LogP contribution < -0.4 is 5.32 Å². The summed E-state index contributed by atoms with van der Waals surface area (Å²) in [4.78, 5) is 13.0. The van der Waals surface area contributed by atoms with E-state index in [1.54, 1.807) is 0 Å². The number of rotatable bonds is 10. The molecule has 0 radical (unpaired) electrons. The van der Waals surface area contributed by atoms with Crippen LogP contribution in [0.25, 0.3) is 10.9 Å². The third-order valence-electron chi connectivity index (χ3n) is 6.40. The summed E-state index contributed by atoms with van der Waals surface area (Å²) in [7, 11) is 0. The number of aromatic nitrogens is 1. The van der Waals surface area contributed by atoms with E-state index in [0.717, 1.165) is 53.4 Å². The summed E-state index contributed by atoms with van der Waals surface area (Å²) in [5.74, 6) is -0.199. The number of carbonyl (C=O) groups is 1. The van der Waals surface area contributed by atoms with Crippen LogP contribution in [0.2, 0.25) is 0 Å². The topological polar surface area (TPSA) is 34.0 Å². The van der Waals surface area contributed by atoms with Crippen LogP contribution in [-0.4, -0.2) is 17.0 Å². The first-order chi connectivity index (χ1) is 16.5. The molecule has 4 rings (SSSR count). The number of unbranched alkanes of at least 4 members (excludes halogenated alkanes) is 2. The molecule has 176 valence electrons. The average molecular weight is 457 g/mol. The smallest absolute Gasteiger partial charge is 0.220 e. The zero-order valence-corrected chi connectivity index (χ0v) is 20.1. The SMILES string of the molecule is CCCCCNC(=O)CC(c1cccc(C)c1)c1cn(Cc2ccc(F)cc2)c2ccccc12. The molecule has 0 aliphatic heterocycles. The number of benzene rings is 3. The number of para-hydroxylation sites is 1. The van der Waals surface area contributed by atoms with Crippen molar-refractivity contribution in [2.75, 3.05) is 6.54 Å². The molecule has 0 bridgehead atoms. The summed E-state index contributed by atoms with van der Waals surface area (Å²) >= 11 is 0.